The fourth-order valence-corrected chi connectivity index (χ4v) is 3.39. The van der Waals surface area contributed by atoms with Crippen LogP contribution in [0.1, 0.15) is 68.8 Å². The van der Waals surface area contributed by atoms with Crippen molar-refractivity contribution in [3.8, 4) is 0 Å². The van der Waals surface area contributed by atoms with Crippen LogP contribution in [-0.4, -0.2) is 10.1 Å². The fraction of sp³-hybridized carbons (Fsp3) is 0.529. The lowest BCUT2D eigenvalue weighted by atomic mass is 9.78. The average Bonchev–Trinajstić information content (AvgIpc) is 3.18. The van der Waals surface area contributed by atoms with Crippen molar-refractivity contribution in [3.63, 3.8) is 0 Å². The molecule has 1 aliphatic rings. The lowest BCUT2D eigenvalue weighted by molar-refractivity contribution is 0.336. The first kappa shape index (κ1) is 14.3. The summed E-state index contributed by atoms with van der Waals surface area (Å²) in [4.78, 5) is 4.66. The van der Waals surface area contributed by atoms with E-state index in [0.717, 1.165) is 31.5 Å². The van der Waals surface area contributed by atoms with Gasteiger partial charge < -0.3 is 10.3 Å². The van der Waals surface area contributed by atoms with Crippen LogP contribution in [0.2, 0.25) is 0 Å². The van der Waals surface area contributed by atoms with Crippen LogP contribution in [0, 0.1) is 0 Å². The third-order valence-corrected chi connectivity index (χ3v) is 4.57. The maximum atomic E-state index is 6.10. The number of rotatable bonds is 5. The Kier molecular flexibility index (Phi) is 4.06. The van der Waals surface area contributed by atoms with E-state index in [9.17, 15) is 0 Å². The van der Waals surface area contributed by atoms with Crippen molar-refractivity contribution in [3.05, 3.63) is 47.6 Å². The molecular formula is C17H23N3O. The lowest BCUT2D eigenvalue weighted by Crippen LogP contribution is -2.25. The van der Waals surface area contributed by atoms with Gasteiger partial charge in [0, 0.05) is 0 Å². The lowest BCUT2D eigenvalue weighted by Gasteiger charge is -2.25. The number of benzene rings is 1. The maximum absolute atomic E-state index is 6.10. The highest BCUT2D eigenvalue weighted by Gasteiger charge is 2.41. The van der Waals surface area contributed by atoms with Gasteiger partial charge in [0.05, 0.1) is 11.5 Å². The molecule has 1 saturated carbocycles. The third kappa shape index (κ3) is 2.60. The van der Waals surface area contributed by atoms with Crippen LogP contribution in [0.5, 0.6) is 0 Å². The zero-order valence-electron chi connectivity index (χ0n) is 12.6. The summed E-state index contributed by atoms with van der Waals surface area (Å²) in [5, 5.41) is 4.28. The quantitative estimate of drug-likeness (QED) is 0.909. The summed E-state index contributed by atoms with van der Waals surface area (Å²) in [7, 11) is 0. The Morgan fingerprint density at radius 1 is 1.24 bits per heavy atom. The molecule has 0 radical (unpaired) electrons. The van der Waals surface area contributed by atoms with Gasteiger partial charge in [0.15, 0.2) is 5.82 Å². The summed E-state index contributed by atoms with van der Waals surface area (Å²) < 4.78 is 5.45. The minimum absolute atomic E-state index is 0.0883. The second-order valence-corrected chi connectivity index (χ2v) is 6.01. The third-order valence-electron chi connectivity index (χ3n) is 4.57. The molecule has 4 nitrogen and oxygen atoms in total. The van der Waals surface area contributed by atoms with Gasteiger partial charge in [0.1, 0.15) is 0 Å². The van der Waals surface area contributed by atoms with Crippen molar-refractivity contribution in [1.29, 1.82) is 0 Å². The molecule has 112 valence electrons. The molecule has 0 unspecified atom stereocenters. The Hall–Kier alpha value is -1.68. The van der Waals surface area contributed by atoms with Crippen molar-refractivity contribution in [2.75, 3.05) is 0 Å². The van der Waals surface area contributed by atoms with E-state index in [1.165, 1.54) is 18.4 Å². The predicted octanol–water partition coefficient (Wildman–Crippen LogP) is 3.73. The first-order valence-electron chi connectivity index (χ1n) is 7.91. The fourth-order valence-electron chi connectivity index (χ4n) is 3.39. The molecule has 1 aromatic heterocycles. The Balaban J connectivity index is 1.95. The second kappa shape index (κ2) is 5.98. The van der Waals surface area contributed by atoms with Gasteiger partial charge in [-0.1, -0.05) is 61.7 Å². The molecule has 0 bridgehead atoms. The van der Waals surface area contributed by atoms with Crippen LogP contribution in [0.25, 0.3) is 0 Å². The minimum atomic E-state index is -0.148. The van der Waals surface area contributed by atoms with E-state index in [2.05, 4.69) is 41.3 Å². The number of hydrogen-bond acceptors (Lipinski definition) is 4. The average molecular weight is 285 g/mol. The van der Waals surface area contributed by atoms with Crippen LogP contribution in [0.4, 0.5) is 0 Å². The van der Waals surface area contributed by atoms with Crippen molar-refractivity contribution in [2.45, 2.75) is 56.9 Å². The standard InChI is InChI=1S/C17H23N3O/c1-2-8-14(18)15-19-16(20-21-15)17(11-6-7-12-17)13-9-4-3-5-10-13/h3-5,9-10,14H,2,6-8,11-12,18H2,1H3/t14-/m0/s1. The van der Waals surface area contributed by atoms with Crippen LogP contribution in [0.3, 0.4) is 0 Å². The second-order valence-electron chi connectivity index (χ2n) is 6.01. The van der Waals surface area contributed by atoms with Gasteiger partial charge in [-0.25, -0.2) is 0 Å². The van der Waals surface area contributed by atoms with Crippen LogP contribution < -0.4 is 5.73 Å². The van der Waals surface area contributed by atoms with Crippen molar-refractivity contribution < 1.29 is 4.52 Å². The first-order chi connectivity index (χ1) is 10.3. The first-order valence-corrected chi connectivity index (χ1v) is 7.91. The SMILES string of the molecule is CCC[C@H](N)c1nc(C2(c3ccccc3)CCCC2)no1. The molecule has 0 spiro atoms. The summed E-state index contributed by atoms with van der Waals surface area (Å²) in [6.45, 7) is 2.11. The van der Waals surface area contributed by atoms with Gasteiger partial charge in [-0.2, -0.15) is 4.98 Å². The highest BCUT2D eigenvalue weighted by molar-refractivity contribution is 5.33. The number of nitrogens with two attached hydrogens (primary N) is 1. The molecule has 21 heavy (non-hydrogen) atoms. The number of nitrogens with zero attached hydrogens (tertiary/aromatic N) is 2. The Morgan fingerprint density at radius 2 is 1.95 bits per heavy atom. The normalized spacial score (nSPS) is 18.8. The Bertz CT molecular complexity index is 573. The molecule has 0 amide bonds. The van der Waals surface area contributed by atoms with Crippen LogP contribution >= 0.6 is 0 Å². The predicted molar refractivity (Wildman–Crippen MR) is 81.8 cm³/mol. The zero-order valence-corrected chi connectivity index (χ0v) is 12.6. The van der Waals surface area contributed by atoms with Crippen molar-refractivity contribution >= 4 is 0 Å². The summed E-state index contributed by atoms with van der Waals surface area (Å²) in [5.41, 5.74) is 7.31. The number of hydrogen-bond donors (Lipinski definition) is 1. The van der Waals surface area contributed by atoms with Gasteiger partial charge in [-0.05, 0) is 24.8 Å². The summed E-state index contributed by atoms with van der Waals surface area (Å²) >= 11 is 0. The van der Waals surface area contributed by atoms with Gasteiger partial charge >= 0.3 is 0 Å². The van der Waals surface area contributed by atoms with Crippen LogP contribution in [0.15, 0.2) is 34.9 Å². The summed E-state index contributed by atoms with van der Waals surface area (Å²) in [5.74, 6) is 1.39. The van der Waals surface area contributed by atoms with E-state index in [-0.39, 0.29) is 11.5 Å². The Morgan fingerprint density at radius 3 is 2.62 bits per heavy atom. The topological polar surface area (TPSA) is 64.9 Å². The molecule has 1 aliphatic carbocycles. The monoisotopic (exact) mass is 285 g/mol. The van der Waals surface area contributed by atoms with Gasteiger partial charge in [-0.3, -0.25) is 0 Å². The van der Waals surface area contributed by atoms with E-state index in [4.69, 9.17) is 10.3 Å². The van der Waals surface area contributed by atoms with Crippen molar-refractivity contribution in [1.82, 2.24) is 10.1 Å². The molecule has 4 heteroatoms. The summed E-state index contributed by atoms with van der Waals surface area (Å²) in [6.07, 6.45) is 6.47. The molecule has 1 aromatic carbocycles. The van der Waals surface area contributed by atoms with Crippen LogP contribution in [-0.2, 0) is 5.41 Å². The molecule has 1 fully saturated rings. The molecule has 2 aromatic rings. The molecule has 1 atom stereocenters. The molecule has 3 rings (SSSR count). The van der Waals surface area contributed by atoms with E-state index >= 15 is 0 Å². The van der Waals surface area contributed by atoms with Gasteiger partial charge in [0.25, 0.3) is 0 Å². The highest BCUT2D eigenvalue weighted by Crippen LogP contribution is 2.45. The zero-order chi connectivity index (χ0) is 14.7. The summed E-state index contributed by atoms with van der Waals surface area (Å²) in [6, 6.07) is 10.4. The number of aromatic nitrogens is 2. The molecule has 0 saturated heterocycles. The molecule has 0 aliphatic heterocycles. The molecule has 1 heterocycles. The Labute approximate surface area is 125 Å². The molecule has 2 N–H and O–H groups in total. The van der Waals surface area contributed by atoms with E-state index in [1.54, 1.807) is 0 Å². The minimum Gasteiger partial charge on any atom is -0.338 e. The van der Waals surface area contributed by atoms with Gasteiger partial charge in [0.2, 0.25) is 5.89 Å². The maximum Gasteiger partial charge on any atom is 0.243 e. The largest absolute Gasteiger partial charge is 0.338 e. The van der Waals surface area contributed by atoms with E-state index in [1.807, 2.05) is 6.07 Å². The van der Waals surface area contributed by atoms with Gasteiger partial charge in [-0.15, -0.1) is 0 Å². The van der Waals surface area contributed by atoms with E-state index in [0.29, 0.717) is 5.89 Å². The smallest absolute Gasteiger partial charge is 0.243 e. The molecular weight excluding hydrogens is 262 g/mol. The van der Waals surface area contributed by atoms with E-state index < -0.39 is 0 Å². The highest BCUT2D eigenvalue weighted by atomic mass is 16.5. The van der Waals surface area contributed by atoms with Crippen molar-refractivity contribution in [2.24, 2.45) is 5.73 Å².